The Bertz CT molecular complexity index is 456. The number of amides is 2. The molecule has 0 bridgehead atoms. The van der Waals surface area contributed by atoms with Gasteiger partial charge in [0, 0.05) is 58.8 Å². The Kier molecular flexibility index (Phi) is 11.0. The number of rotatable bonds is 5. The molecule has 0 aromatic heterocycles. The number of hydrogen-bond donors (Lipinski definition) is 3. The van der Waals surface area contributed by atoms with Crippen molar-refractivity contribution in [2.75, 3.05) is 52.9 Å². The van der Waals surface area contributed by atoms with E-state index in [-0.39, 0.29) is 47.9 Å². The summed E-state index contributed by atoms with van der Waals surface area (Å²) in [6.45, 7) is 12.6. The summed E-state index contributed by atoms with van der Waals surface area (Å²) in [7, 11) is 1.68. The third-order valence-corrected chi connectivity index (χ3v) is 3.69. The summed E-state index contributed by atoms with van der Waals surface area (Å²) in [6, 6.07) is 0. The molecule has 3 N–H and O–H groups in total. The average Bonchev–Trinajstić information content (AvgIpc) is 2.49. The maximum Gasteiger partial charge on any atom is 0.239 e. The number of nitrogens with one attached hydrogen (secondary N) is 3. The monoisotopic (exact) mass is 468 g/mol. The summed E-state index contributed by atoms with van der Waals surface area (Å²) in [4.78, 5) is 31.4. The summed E-state index contributed by atoms with van der Waals surface area (Å²) in [6.07, 6.45) is 0. The van der Waals surface area contributed by atoms with Crippen molar-refractivity contribution in [1.82, 2.24) is 25.8 Å². The highest BCUT2D eigenvalue weighted by Gasteiger charge is 2.18. The molecule has 1 saturated heterocycles. The second-order valence-corrected chi connectivity index (χ2v) is 7.00. The Morgan fingerprint density at radius 2 is 1.68 bits per heavy atom. The van der Waals surface area contributed by atoms with Crippen LogP contribution in [-0.4, -0.2) is 86.0 Å². The quantitative estimate of drug-likeness (QED) is 0.297. The Morgan fingerprint density at radius 3 is 2.16 bits per heavy atom. The molecule has 9 heteroatoms. The van der Waals surface area contributed by atoms with Gasteiger partial charge in [-0.2, -0.15) is 0 Å². The molecule has 0 unspecified atom stereocenters. The highest BCUT2D eigenvalue weighted by atomic mass is 127. The molecule has 25 heavy (non-hydrogen) atoms. The van der Waals surface area contributed by atoms with Gasteiger partial charge >= 0.3 is 0 Å². The minimum Gasteiger partial charge on any atom is -0.355 e. The van der Waals surface area contributed by atoms with E-state index in [1.807, 2.05) is 25.7 Å². The largest absolute Gasteiger partial charge is 0.355 e. The number of carbonyl (C=O) groups excluding carboxylic acids is 2. The molecule has 0 spiro atoms. The fraction of sp³-hybridized carbons (Fsp3) is 0.812. The van der Waals surface area contributed by atoms with Crippen LogP contribution in [0.4, 0.5) is 0 Å². The molecule has 1 fully saturated rings. The van der Waals surface area contributed by atoms with Gasteiger partial charge in [-0.15, -0.1) is 24.0 Å². The SMILES string of the molecule is CN=C(NCCN1CCN(C(C)=O)CC1)NCC(=O)NC(C)(C)C.I. The van der Waals surface area contributed by atoms with Gasteiger partial charge in [-0.25, -0.2) is 0 Å². The Hall–Kier alpha value is -1.10. The van der Waals surface area contributed by atoms with Crippen LogP contribution in [0.2, 0.25) is 0 Å². The molecular weight excluding hydrogens is 435 g/mol. The van der Waals surface area contributed by atoms with Crippen molar-refractivity contribution >= 4 is 41.8 Å². The number of carbonyl (C=O) groups is 2. The van der Waals surface area contributed by atoms with Gasteiger partial charge in [0.1, 0.15) is 0 Å². The lowest BCUT2D eigenvalue weighted by Crippen LogP contribution is -2.51. The van der Waals surface area contributed by atoms with Crippen molar-refractivity contribution in [3.8, 4) is 0 Å². The van der Waals surface area contributed by atoms with E-state index in [2.05, 4.69) is 25.8 Å². The zero-order valence-electron chi connectivity index (χ0n) is 16.0. The van der Waals surface area contributed by atoms with Crippen LogP contribution in [0.3, 0.4) is 0 Å². The third kappa shape index (κ3) is 10.5. The van der Waals surface area contributed by atoms with Gasteiger partial charge in [0.15, 0.2) is 5.96 Å². The molecule has 2 amide bonds. The predicted molar refractivity (Wildman–Crippen MR) is 111 cm³/mol. The highest BCUT2D eigenvalue weighted by molar-refractivity contribution is 14.0. The summed E-state index contributed by atoms with van der Waals surface area (Å²) in [5.74, 6) is 0.693. The Labute approximate surface area is 168 Å². The van der Waals surface area contributed by atoms with Crippen molar-refractivity contribution in [2.24, 2.45) is 4.99 Å². The molecule has 0 aromatic rings. The number of aliphatic imine (C=N–C) groups is 1. The number of nitrogens with zero attached hydrogens (tertiary/aromatic N) is 3. The fourth-order valence-corrected chi connectivity index (χ4v) is 2.47. The van der Waals surface area contributed by atoms with Crippen molar-refractivity contribution in [1.29, 1.82) is 0 Å². The van der Waals surface area contributed by atoms with Gasteiger partial charge in [-0.05, 0) is 20.8 Å². The van der Waals surface area contributed by atoms with E-state index in [1.165, 1.54) is 0 Å². The summed E-state index contributed by atoms with van der Waals surface area (Å²) < 4.78 is 0. The molecule has 0 atom stereocenters. The molecule has 146 valence electrons. The van der Waals surface area contributed by atoms with E-state index in [0.29, 0.717) is 5.96 Å². The normalized spacial score (nSPS) is 16.0. The number of hydrogen-bond acceptors (Lipinski definition) is 4. The van der Waals surface area contributed by atoms with E-state index in [4.69, 9.17) is 0 Å². The van der Waals surface area contributed by atoms with E-state index in [0.717, 1.165) is 39.3 Å². The molecule has 1 rings (SSSR count). The lowest BCUT2D eigenvalue weighted by atomic mass is 10.1. The molecule has 8 nitrogen and oxygen atoms in total. The van der Waals surface area contributed by atoms with Gasteiger partial charge in [-0.3, -0.25) is 19.5 Å². The first-order valence-electron chi connectivity index (χ1n) is 8.44. The van der Waals surface area contributed by atoms with Crippen LogP contribution in [0.25, 0.3) is 0 Å². The molecule has 0 aliphatic carbocycles. The second kappa shape index (κ2) is 11.5. The molecular formula is C16H33IN6O2. The molecule has 0 saturated carbocycles. The van der Waals surface area contributed by atoms with Gasteiger partial charge < -0.3 is 20.9 Å². The van der Waals surface area contributed by atoms with Crippen molar-refractivity contribution < 1.29 is 9.59 Å². The minimum absolute atomic E-state index is 0. The van der Waals surface area contributed by atoms with Crippen LogP contribution in [0.15, 0.2) is 4.99 Å². The van der Waals surface area contributed by atoms with Gasteiger partial charge in [0.2, 0.25) is 11.8 Å². The zero-order chi connectivity index (χ0) is 18.2. The van der Waals surface area contributed by atoms with Crippen LogP contribution >= 0.6 is 24.0 Å². The van der Waals surface area contributed by atoms with E-state index in [1.54, 1.807) is 14.0 Å². The molecule has 0 radical (unpaired) electrons. The Morgan fingerprint density at radius 1 is 1.08 bits per heavy atom. The van der Waals surface area contributed by atoms with E-state index >= 15 is 0 Å². The number of halogens is 1. The van der Waals surface area contributed by atoms with Gasteiger partial charge in [-0.1, -0.05) is 0 Å². The molecule has 1 aliphatic rings. The first-order valence-corrected chi connectivity index (χ1v) is 8.44. The summed E-state index contributed by atoms with van der Waals surface area (Å²) >= 11 is 0. The lowest BCUT2D eigenvalue weighted by Gasteiger charge is -2.34. The Balaban J connectivity index is 0.00000576. The van der Waals surface area contributed by atoms with Gasteiger partial charge in [0.05, 0.1) is 6.54 Å². The lowest BCUT2D eigenvalue weighted by molar-refractivity contribution is -0.130. The molecule has 0 aromatic carbocycles. The van der Waals surface area contributed by atoms with Gasteiger partial charge in [0.25, 0.3) is 0 Å². The average molecular weight is 468 g/mol. The third-order valence-electron chi connectivity index (χ3n) is 3.69. The fourth-order valence-electron chi connectivity index (χ4n) is 2.47. The molecule has 1 aliphatic heterocycles. The maximum absolute atomic E-state index is 11.8. The zero-order valence-corrected chi connectivity index (χ0v) is 18.3. The first-order chi connectivity index (χ1) is 11.2. The second-order valence-electron chi connectivity index (χ2n) is 7.00. The smallest absolute Gasteiger partial charge is 0.239 e. The number of guanidine groups is 1. The summed E-state index contributed by atoms with van der Waals surface area (Å²) in [5.41, 5.74) is -0.238. The summed E-state index contributed by atoms with van der Waals surface area (Å²) in [5, 5.41) is 9.11. The molecule has 1 heterocycles. The predicted octanol–water partition coefficient (Wildman–Crippen LogP) is -0.152. The van der Waals surface area contributed by atoms with E-state index in [9.17, 15) is 9.59 Å². The topological polar surface area (TPSA) is 89.1 Å². The van der Waals surface area contributed by atoms with Crippen molar-refractivity contribution in [2.45, 2.75) is 33.2 Å². The van der Waals surface area contributed by atoms with Crippen LogP contribution in [0.5, 0.6) is 0 Å². The van der Waals surface area contributed by atoms with Crippen LogP contribution in [0.1, 0.15) is 27.7 Å². The minimum atomic E-state index is -0.238. The van der Waals surface area contributed by atoms with Crippen LogP contribution < -0.4 is 16.0 Å². The van der Waals surface area contributed by atoms with E-state index < -0.39 is 0 Å². The van der Waals surface area contributed by atoms with Crippen molar-refractivity contribution in [3.63, 3.8) is 0 Å². The standard InChI is InChI=1S/C16H32N6O2.HI/c1-13(23)22-10-8-21(9-11-22)7-6-18-15(17-5)19-12-14(24)20-16(2,3)4;/h6-12H2,1-5H3,(H,20,24)(H2,17,18,19);1H. The number of piperazine rings is 1. The maximum atomic E-state index is 11.8. The highest BCUT2D eigenvalue weighted by Crippen LogP contribution is 2.01. The first kappa shape index (κ1) is 23.9. The van der Waals surface area contributed by atoms with Crippen LogP contribution in [0, 0.1) is 0 Å². The van der Waals surface area contributed by atoms with Crippen LogP contribution in [-0.2, 0) is 9.59 Å². The van der Waals surface area contributed by atoms with Crippen molar-refractivity contribution in [3.05, 3.63) is 0 Å².